The lowest BCUT2D eigenvalue weighted by Crippen LogP contribution is -2.44. The fourth-order valence-electron chi connectivity index (χ4n) is 2.75. The predicted octanol–water partition coefficient (Wildman–Crippen LogP) is 2.59. The van der Waals surface area contributed by atoms with Gasteiger partial charge >= 0.3 is 0 Å². The van der Waals surface area contributed by atoms with Crippen molar-refractivity contribution in [2.75, 3.05) is 43.4 Å². The third-order valence-electron chi connectivity index (χ3n) is 3.97. The first kappa shape index (κ1) is 14.8. The summed E-state index contributed by atoms with van der Waals surface area (Å²) in [4.78, 5) is 13.5. The molecule has 1 aromatic heterocycles. The molecule has 0 bridgehead atoms. The number of nitrogens with one attached hydrogen (secondary N) is 1. The van der Waals surface area contributed by atoms with Crippen LogP contribution in [0.1, 0.15) is 11.5 Å². The van der Waals surface area contributed by atoms with Crippen LogP contribution >= 0.6 is 0 Å². The summed E-state index contributed by atoms with van der Waals surface area (Å²) in [6, 6.07) is 10.5. The Labute approximate surface area is 132 Å². The van der Waals surface area contributed by atoms with Crippen LogP contribution < -0.4 is 10.2 Å². The van der Waals surface area contributed by atoms with Crippen LogP contribution in [0.15, 0.2) is 30.3 Å². The van der Waals surface area contributed by atoms with Crippen LogP contribution in [0.25, 0.3) is 0 Å². The Morgan fingerprint density at radius 1 is 0.955 bits per heavy atom. The number of benzene rings is 1. The van der Waals surface area contributed by atoms with E-state index in [0.717, 1.165) is 49.2 Å². The Morgan fingerprint density at radius 3 is 2.27 bits per heavy atom. The van der Waals surface area contributed by atoms with Crippen molar-refractivity contribution in [3.05, 3.63) is 41.9 Å². The molecule has 1 aliphatic heterocycles. The van der Waals surface area contributed by atoms with Gasteiger partial charge in [0.2, 0.25) is 0 Å². The zero-order chi connectivity index (χ0) is 15.5. The maximum Gasteiger partial charge on any atom is 0.134 e. The molecule has 0 unspecified atom stereocenters. The topological polar surface area (TPSA) is 44.3 Å². The van der Waals surface area contributed by atoms with E-state index in [2.05, 4.69) is 56.4 Å². The second-order valence-corrected chi connectivity index (χ2v) is 5.90. The normalized spacial score (nSPS) is 15.9. The standard InChI is InChI=1S/C17H23N5/c1-13-12-17(19-14(2)18-13)20-15-4-6-16(7-5-15)22-10-8-21(3)9-11-22/h4-7,12H,8-11H2,1-3H3,(H,18,19,20). The molecule has 5 nitrogen and oxygen atoms in total. The van der Waals surface area contributed by atoms with E-state index in [1.165, 1.54) is 5.69 Å². The zero-order valence-electron chi connectivity index (χ0n) is 13.5. The minimum Gasteiger partial charge on any atom is -0.369 e. The molecule has 1 aromatic carbocycles. The van der Waals surface area contributed by atoms with E-state index in [0.29, 0.717) is 0 Å². The average molecular weight is 297 g/mol. The number of aromatic nitrogens is 2. The van der Waals surface area contributed by atoms with Crippen LogP contribution in [-0.4, -0.2) is 48.1 Å². The van der Waals surface area contributed by atoms with Crippen molar-refractivity contribution in [1.82, 2.24) is 14.9 Å². The van der Waals surface area contributed by atoms with Gasteiger partial charge in [0, 0.05) is 49.3 Å². The van der Waals surface area contributed by atoms with Crippen LogP contribution in [-0.2, 0) is 0 Å². The maximum absolute atomic E-state index is 4.41. The summed E-state index contributed by atoms with van der Waals surface area (Å²) in [5.74, 6) is 1.63. The Hall–Kier alpha value is -2.14. The van der Waals surface area contributed by atoms with E-state index in [1.54, 1.807) is 0 Å². The predicted molar refractivity (Wildman–Crippen MR) is 90.9 cm³/mol. The third-order valence-corrected chi connectivity index (χ3v) is 3.97. The Kier molecular flexibility index (Phi) is 4.24. The fourth-order valence-corrected chi connectivity index (χ4v) is 2.75. The number of anilines is 3. The molecule has 1 saturated heterocycles. The van der Waals surface area contributed by atoms with Crippen molar-refractivity contribution in [3.8, 4) is 0 Å². The van der Waals surface area contributed by atoms with Gasteiger partial charge in [0.1, 0.15) is 11.6 Å². The van der Waals surface area contributed by atoms with Crippen molar-refractivity contribution in [2.24, 2.45) is 0 Å². The molecule has 1 fully saturated rings. The molecule has 116 valence electrons. The van der Waals surface area contributed by atoms with E-state index >= 15 is 0 Å². The Balaban J connectivity index is 1.69. The number of hydrogen-bond acceptors (Lipinski definition) is 5. The largest absolute Gasteiger partial charge is 0.369 e. The number of piperazine rings is 1. The number of rotatable bonds is 3. The lowest BCUT2D eigenvalue weighted by atomic mass is 10.2. The van der Waals surface area contributed by atoms with Gasteiger partial charge in [-0.05, 0) is 45.2 Å². The summed E-state index contributed by atoms with van der Waals surface area (Å²) in [7, 11) is 2.18. The van der Waals surface area contributed by atoms with Gasteiger partial charge in [0.15, 0.2) is 0 Å². The smallest absolute Gasteiger partial charge is 0.134 e. The highest BCUT2D eigenvalue weighted by atomic mass is 15.2. The number of hydrogen-bond donors (Lipinski definition) is 1. The van der Waals surface area contributed by atoms with Gasteiger partial charge in [-0.3, -0.25) is 0 Å². The van der Waals surface area contributed by atoms with Gasteiger partial charge < -0.3 is 15.1 Å². The monoisotopic (exact) mass is 297 g/mol. The SMILES string of the molecule is Cc1cc(Nc2ccc(N3CCN(C)CC3)cc2)nc(C)n1. The highest BCUT2D eigenvalue weighted by molar-refractivity contribution is 5.61. The quantitative estimate of drug-likeness (QED) is 0.943. The van der Waals surface area contributed by atoms with Crippen molar-refractivity contribution < 1.29 is 0 Å². The summed E-state index contributed by atoms with van der Waals surface area (Å²) >= 11 is 0. The Bertz CT molecular complexity index is 610. The maximum atomic E-state index is 4.41. The summed E-state index contributed by atoms with van der Waals surface area (Å²) in [5.41, 5.74) is 3.31. The van der Waals surface area contributed by atoms with Gasteiger partial charge in [-0.25, -0.2) is 9.97 Å². The second-order valence-electron chi connectivity index (χ2n) is 5.90. The van der Waals surface area contributed by atoms with Crippen LogP contribution in [0.4, 0.5) is 17.2 Å². The van der Waals surface area contributed by atoms with Gasteiger partial charge in [0.25, 0.3) is 0 Å². The molecule has 22 heavy (non-hydrogen) atoms. The third kappa shape index (κ3) is 3.54. The average Bonchev–Trinajstić information content (AvgIpc) is 2.48. The highest BCUT2D eigenvalue weighted by Gasteiger charge is 2.13. The molecule has 1 aliphatic rings. The molecule has 0 saturated carbocycles. The number of aryl methyl sites for hydroxylation is 2. The molecule has 0 amide bonds. The second kappa shape index (κ2) is 6.32. The molecule has 2 aromatic rings. The van der Waals surface area contributed by atoms with Gasteiger partial charge in [-0.15, -0.1) is 0 Å². The zero-order valence-corrected chi connectivity index (χ0v) is 13.5. The molecular formula is C17H23N5. The lowest BCUT2D eigenvalue weighted by molar-refractivity contribution is 0.313. The van der Waals surface area contributed by atoms with Crippen LogP contribution in [0, 0.1) is 13.8 Å². The molecule has 1 N–H and O–H groups in total. The van der Waals surface area contributed by atoms with E-state index in [9.17, 15) is 0 Å². The number of nitrogens with zero attached hydrogens (tertiary/aromatic N) is 4. The highest BCUT2D eigenvalue weighted by Crippen LogP contribution is 2.21. The summed E-state index contributed by atoms with van der Waals surface area (Å²) < 4.78 is 0. The molecule has 5 heteroatoms. The first-order chi connectivity index (χ1) is 10.6. The van der Waals surface area contributed by atoms with Crippen molar-refractivity contribution in [2.45, 2.75) is 13.8 Å². The molecule has 0 aliphatic carbocycles. The van der Waals surface area contributed by atoms with Gasteiger partial charge in [-0.2, -0.15) is 0 Å². The van der Waals surface area contributed by atoms with Gasteiger partial charge in [0.05, 0.1) is 0 Å². The summed E-state index contributed by atoms with van der Waals surface area (Å²) in [6.45, 7) is 8.32. The molecule has 0 radical (unpaired) electrons. The number of likely N-dealkylation sites (N-methyl/N-ethyl adjacent to an activating group) is 1. The van der Waals surface area contributed by atoms with E-state index in [4.69, 9.17) is 0 Å². The summed E-state index contributed by atoms with van der Waals surface area (Å²) in [6.07, 6.45) is 0. The van der Waals surface area contributed by atoms with Crippen molar-refractivity contribution >= 4 is 17.2 Å². The first-order valence-corrected chi connectivity index (χ1v) is 7.73. The molecule has 3 rings (SSSR count). The molecule has 0 atom stereocenters. The van der Waals surface area contributed by atoms with Crippen LogP contribution in [0.2, 0.25) is 0 Å². The van der Waals surface area contributed by atoms with E-state index < -0.39 is 0 Å². The lowest BCUT2D eigenvalue weighted by Gasteiger charge is -2.34. The minimum atomic E-state index is 0.788. The molecule has 2 heterocycles. The first-order valence-electron chi connectivity index (χ1n) is 7.73. The van der Waals surface area contributed by atoms with Gasteiger partial charge in [-0.1, -0.05) is 0 Å². The van der Waals surface area contributed by atoms with Crippen molar-refractivity contribution in [1.29, 1.82) is 0 Å². The van der Waals surface area contributed by atoms with Crippen LogP contribution in [0.3, 0.4) is 0 Å². The molecule has 0 spiro atoms. The van der Waals surface area contributed by atoms with E-state index in [1.807, 2.05) is 19.9 Å². The summed E-state index contributed by atoms with van der Waals surface area (Å²) in [5, 5.41) is 3.34. The fraction of sp³-hybridized carbons (Fsp3) is 0.412. The Morgan fingerprint density at radius 2 is 1.64 bits per heavy atom. The molecular weight excluding hydrogens is 274 g/mol. The van der Waals surface area contributed by atoms with Crippen LogP contribution in [0.5, 0.6) is 0 Å². The minimum absolute atomic E-state index is 0.788. The van der Waals surface area contributed by atoms with E-state index in [-0.39, 0.29) is 0 Å². The van der Waals surface area contributed by atoms with Crippen molar-refractivity contribution in [3.63, 3.8) is 0 Å².